The van der Waals surface area contributed by atoms with Crippen LogP contribution in [0.1, 0.15) is 44.7 Å². The van der Waals surface area contributed by atoms with Gasteiger partial charge in [-0.3, -0.25) is 14.6 Å². The lowest BCUT2D eigenvalue weighted by molar-refractivity contribution is -0.141. The van der Waals surface area contributed by atoms with Crippen LogP contribution in [0.25, 0.3) is 0 Å². The fourth-order valence-electron chi connectivity index (χ4n) is 2.50. The molecule has 2 aromatic rings. The lowest BCUT2D eigenvalue weighted by Crippen LogP contribution is -2.13. The highest BCUT2D eigenvalue weighted by molar-refractivity contribution is 7.92. The number of H-pyrrole nitrogens is 1. The minimum atomic E-state index is -3.75. The Morgan fingerprint density at radius 3 is 2.63 bits per heavy atom. The van der Waals surface area contributed by atoms with Crippen molar-refractivity contribution in [1.29, 1.82) is 0 Å². The molecule has 1 atom stereocenters. The third-order valence-corrected chi connectivity index (χ3v) is 5.40. The number of hydrogen-bond donors (Lipinski definition) is 2. The van der Waals surface area contributed by atoms with Crippen LogP contribution in [0.2, 0.25) is 0 Å². The molecule has 0 amide bonds. The van der Waals surface area contributed by atoms with Crippen molar-refractivity contribution >= 4 is 21.8 Å². The van der Waals surface area contributed by atoms with Crippen LogP contribution in [0, 0.1) is 0 Å². The summed E-state index contributed by atoms with van der Waals surface area (Å²) in [4.78, 5) is 11.1. The summed E-state index contributed by atoms with van der Waals surface area (Å²) in [6.45, 7) is 4.32. The zero-order chi connectivity index (χ0) is 19.9. The first kappa shape index (κ1) is 20.8. The number of carbonyl (C=O) groups is 1. The number of aromatic nitrogens is 2. The van der Waals surface area contributed by atoms with Crippen LogP contribution in [-0.2, 0) is 19.6 Å². The molecule has 0 aliphatic heterocycles. The zero-order valence-electron chi connectivity index (χ0n) is 15.7. The molecule has 0 saturated carbocycles. The molecule has 1 aromatic heterocycles. The van der Waals surface area contributed by atoms with Crippen LogP contribution in [0.5, 0.6) is 5.75 Å². The molecule has 0 bridgehead atoms. The minimum Gasteiger partial charge on any atom is -0.493 e. The SMILES string of the molecule is CCCC(C)c1cc(NS(=O)(=O)c2ccc(OCCC(=O)OC)cc2)n[nH]1. The lowest BCUT2D eigenvalue weighted by atomic mass is 10.0. The predicted octanol–water partition coefficient (Wildman–Crippen LogP) is 3.06. The Morgan fingerprint density at radius 1 is 1.30 bits per heavy atom. The number of nitrogens with one attached hydrogen (secondary N) is 2. The molecule has 2 N–H and O–H groups in total. The molecule has 0 aliphatic rings. The van der Waals surface area contributed by atoms with Gasteiger partial charge in [0.15, 0.2) is 5.82 Å². The average Bonchev–Trinajstić information content (AvgIpc) is 3.10. The van der Waals surface area contributed by atoms with Gasteiger partial charge in [-0.1, -0.05) is 20.3 Å². The number of sulfonamides is 1. The van der Waals surface area contributed by atoms with E-state index in [1.54, 1.807) is 6.07 Å². The van der Waals surface area contributed by atoms with Crippen molar-refractivity contribution in [3.05, 3.63) is 36.0 Å². The van der Waals surface area contributed by atoms with Gasteiger partial charge in [0.25, 0.3) is 10.0 Å². The molecular formula is C18H25N3O5S. The Labute approximate surface area is 159 Å². The summed E-state index contributed by atoms with van der Waals surface area (Å²) in [5.41, 5.74) is 0.893. The maximum atomic E-state index is 12.5. The van der Waals surface area contributed by atoms with Crippen LogP contribution < -0.4 is 9.46 Å². The van der Waals surface area contributed by atoms with Crippen LogP contribution in [0.15, 0.2) is 35.2 Å². The summed E-state index contributed by atoms with van der Waals surface area (Å²) >= 11 is 0. The molecule has 0 spiro atoms. The highest BCUT2D eigenvalue weighted by atomic mass is 32.2. The molecule has 0 saturated heterocycles. The van der Waals surface area contributed by atoms with Crippen LogP contribution in [0.3, 0.4) is 0 Å². The molecule has 148 valence electrons. The van der Waals surface area contributed by atoms with E-state index in [1.807, 2.05) is 0 Å². The third-order valence-electron chi connectivity index (χ3n) is 4.03. The molecule has 0 radical (unpaired) electrons. The Balaban J connectivity index is 1.99. The smallest absolute Gasteiger partial charge is 0.308 e. The van der Waals surface area contributed by atoms with Gasteiger partial charge < -0.3 is 9.47 Å². The molecule has 1 unspecified atom stereocenters. The monoisotopic (exact) mass is 395 g/mol. The number of anilines is 1. The third kappa shape index (κ3) is 5.99. The highest BCUT2D eigenvalue weighted by Gasteiger charge is 2.17. The lowest BCUT2D eigenvalue weighted by Gasteiger charge is -2.08. The van der Waals surface area contributed by atoms with Gasteiger partial charge in [0.1, 0.15) is 5.75 Å². The van der Waals surface area contributed by atoms with Gasteiger partial charge in [0.05, 0.1) is 25.0 Å². The normalized spacial score (nSPS) is 12.4. The van der Waals surface area contributed by atoms with Crippen LogP contribution >= 0.6 is 0 Å². The fraction of sp³-hybridized carbons (Fsp3) is 0.444. The highest BCUT2D eigenvalue weighted by Crippen LogP contribution is 2.23. The number of nitrogens with zero attached hydrogens (tertiary/aromatic N) is 1. The maximum Gasteiger partial charge on any atom is 0.308 e. The quantitative estimate of drug-likeness (QED) is 0.598. The molecule has 27 heavy (non-hydrogen) atoms. The van der Waals surface area contributed by atoms with Crippen molar-refractivity contribution in [2.45, 2.75) is 43.9 Å². The molecule has 0 aliphatic carbocycles. The van der Waals surface area contributed by atoms with Gasteiger partial charge in [-0.25, -0.2) is 8.42 Å². The number of aromatic amines is 1. The maximum absolute atomic E-state index is 12.5. The van der Waals surface area contributed by atoms with E-state index < -0.39 is 10.0 Å². The van der Waals surface area contributed by atoms with E-state index in [0.717, 1.165) is 18.5 Å². The number of ether oxygens (including phenoxy) is 2. The van der Waals surface area contributed by atoms with Crippen molar-refractivity contribution in [2.75, 3.05) is 18.4 Å². The molecule has 8 nitrogen and oxygen atoms in total. The largest absolute Gasteiger partial charge is 0.493 e. The second-order valence-corrected chi connectivity index (χ2v) is 7.83. The van der Waals surface area contributed by atoms with Crippen molar-refractivity contribution < 1.29 is 22.7 Å². The van der Waals surface area contributed by atoms with E-state index in [9.17, 15) is 13.2 Å². The predicted molar refractivity (Wildman–Crippen MR) is 101 cm³/mol. The first-order chi connectivity index (χ1) is 12.9. The molecule has 2 rings (SSSR count). The molecule has 0 fully saturated rings. The van der Waals surface area contributed by atoms with Gasteiger partial charge >= 0.3 is 5.97 Å². The van der Waals surface area contributed by atoms with Crippen molar-refractivity contribution in [3.63, 3.8) is 0 Å². The number of rotatable bonds is 10. The Hall–Kier alpha value is -2.55. The van der Waals surface area contributed by atoms with Gasteiger partial charge in [-0.2, -0.15) is 5.10 Å². The topological polar surface area (TPSA) is 110 Å². The summed E-state index contributed by atoms with van der Waals surface area (Å²) in [6, 6.07) is 7.64. The van der Waals surface area contributed by atoms with Gasteiger partial charge in [0, 0.05) is 11.8 Å². The van der Waals surface area contributed by atoms with Crippen molar-refractivity contribution in [2.24, 2.45) is 0 Å². The number of hydrogen-bond acceptors (Lipinski definition) is 6. The van der Waals surface area contributed by atoms with E-state index in [4.69, 9.17) is 4.74 Å². The molecule has 1 aromatic carbocycles. The average molecular weight is 395 g/mol. The van der Waals surface area contributed by atoms with Gasteiger partial charge in [-0.15, -0.1) is 0 Å². The summed E-state index contributed by atoms with van der Waals surface area (Å²) < 4.78 is 37.4. The van der Waals surface area contributed by atoms with Gasteiger partial charge in [-0.05, 0) is 36.6 Å². The summed E-state index contributed by atoms with van der Waals surface area (Å²) in [5.74, 6) is 0.631. The Morgan fingerprint density at radius 2 is 2.00 bits per heavy atom. The zero-order valence-corrected chi connectivity index (χ0v) is 16.5. The van der Waals surface area contributed by atoms with Gasteiger partial charge in [0.2, 0.25) is 0 Å². The second kappa shape index (κ2) is 9.40. The number of carbonyl (C=O) groups excluding carboxylic acids is 1. The summed E-state index contributed by atoms with van der Waals surface area (Å²) in [6.07, 6.45) is 2.15. The van der Waals surface area contributed by atoms with E-state index in [0.29, 0.717) is 5.75 Å². The number of benzene rings is 1. The van der Waals surface area contributed by atoms with E-state index in [2.05, 4.69) is 33.5 Å². The Kier molecular flexibility index (Phi) is 7.23. The summed E-state index contributed by atoms with van der Waals surface area (Å²) in [5, 5.41) is 6.90. The molecular weight excluding hydrogens is 370 g/mol. The first-order valence-corrected chi connectivity index (χ1v) is 10.2. The van der Waals surface area contributed by atoms with E-state index in [1.165, 1.54) is 31.4 Å². The summed E-state index contributed by atoms with van der Waals surface area (Å²) in [7, 11) is -2.45. The first-order valence-electron chi connectivity index (χ1n) is 8.73. The fourth-order valence-corrected chi connectivity index (χ4v) is 3.49. The van der Waals surface area contributed by atoms with Crippen LogP contribution in [0.4, 0.5) is 5.82 Å². The van der Waals surface area contributed by atoms with Crippen molar-refractivity contribution in [3.8, 4) is 5.75 Å². The number of methoxy groups -OCH3 is 1. The molecule has 9 heteroatoms. The molecule has 1 heterocycles. The van der Waals surface area contributed by atoms with Crippen molar-refractivity contribution in [1.82, 2.24) is 10.2 Å². The Bertz CT molecular complexity index is 846. The number of esters is 1. The standard InChI is InChI=1S/C18H25N3O5S/c1-4-5-13(2)16-12-17(20-19-16)21-27(23,24)15-8-6-14(7-9-15)26-11-10-18(22)25-3/h6-9,12-13H,4-5,10-11H2,1-3H3,(H2,19,20,21). The minimum absolute atomic E-state index is 0.0916. The second-order valence-electron chi connectivity index (χ2n) is 6.15. The van der Waals surface area contributed by atoms with Crippen LogP contribution in [-0.4, -0.2) is 38.3 Å². The van der Waals surface area contributed by atoms with E-state index in [-0.39, 0.29) is 35.6 Å². The van der Waals surface area contributed by atoms with E-state index >= 15 is 0 Å².